The van der Waals surface area contributed by atoms with Crippen molar-refractivity contribution in [2.45, 2.75) is 0 Å². The average molecular weight is 160 g/mol. The molecule has 0 spiro atoms. The lowest BCUT2D eigenvalue weighted by molar-refractivity contribution is 1.33. The van der Waals surface area contributed by atoms with E-state index in [-0.39, 0.29) is 0 Å². The largest absolute Gasteiger partial charge is 0.379 e. The van der Waals surface area contributed by atoms with Crippen molar-refractivity contribution in [3.8, 4) is 0 Å². The highest BCUT2D eigenvalue weighted by molar-refractivity contribution is 7.70. The van der Waals surface area contributed by atoms with Crippen LogP contribution in [-0.2, 0) is 0 Å². The van der Waals surface area contributed by atoms with E-state index in [4.69, 9.17) is 0 Å². The summed E-state index contributed by atoms with van der Waals surface area (Å²) < 4.78 is 1.09. The molecule has 0 aliphatic rings. The summed E-state index contributed by atoms with van der Waals surface area (Å²) in [7, 11) is 7.12. The summed E-state index contributed by atoms with van der Waals surface area (Å²) in [6.45, 7) is 0. The van der Waals surface area contributed by atoms with Crippen molar-refractivity contribution >= 4 is 25.7 Å². The number of hydrogen-bond acceptors (Lipinski definition) is 4. The topological polar surface area (TPSA) is 24.4 Å². The fourth-order valence-electron chi connectivity index (χ4n) is 0.463. The van der Waals surface area contributed by atoms with Crippen molar-refractivity contribution in [1.82, 2.24) is 0 Å². The molecule has 1 aromatic rings. The molecule has 0 aliphatic carbocycles. The zero-order chi connectivity index (χ0) is 6.69. The Kier molecular flexibility index (Phi) is 2.24. The molecule has 50 valence electrons. The second-order valence-electron chi connectivity index (χ2n) is 1.49. The second kappa shape index (κ2) is 2.98. The van der Waals surface area contributed by atoms with Crippen LogP contribution in [0, 0.1) is 0 Å². The van der Waals surface area contributed by atoms with E-state index in [0.29, 0.717) is 0 Å². The third-order valence-corrected chi connectivity index (χ3v) is 3.30. The van der Waals surface area contributed by atoms with Gasteiger partial charge in [0, 0.05) is 20.2 Å². The van der Waals surface area contributed by atoms with E-state index in [1.54, 1.807) is 27.7 Å². The van der Waals surface area contributed by atoms with Gasteiger partial charge in [-0.1, -0.05) is 20.7 Å². The first-order valence-electron chi connectivity index (χ1n) is 2.57. The molecule has 0 amide bonds. The van der Waals surface area contributed by atoms with Gasteiger partial charge in [-0.05, 0) is 0 Å². The van der Waals surface area contributed by atoms with E-state index in [2.05, 4.69) is 10.3 Å². The number of nitrogens with one attached hydrogen (secondary N) is 1. The van der Waals surface area contributed by atoms with E-state index < -0.39 is 0 Å². The summed E-state index contributed by atoms with van der Waals surface area (Å²) in [5, 5.41) is 4.23. The molecule has 2 nitrogen and oxygen atoms in total. The third-order valence-electron chi connectivity index (χ3n) is 0.938. The monoisotopic (exact) mass is 160 g/mol. The van der Waals surface area contributed by atoms with Crippen molar-refractivity contribution in [3.63, 3.8) is 0 Å². The Morgan fingerprint density at radius 2 is 2.33 bits per heavy atom. The predicted molar refractivity (Wildman–Crippen MR) is 43.2 cm³/mol. The Morgan fingerprint density at radius 3 is 2.67 bits per heavy atom. The van der Waals surface area contributed by atoms with Crippen molar-refractivity contribution in [3.05, 3.63) is 10.7 Å². The summed E-state index contributed by atoms with van der Waals surface area (Å²) >= 11 is 0. The zero-order valence-electron chi connectivity index (χ0n) is 5.34. The van der Waals surface area contributed by atoms with Gasteiger partial charge in [0.15, 0.2) is 0 Å². The van der Waals surface area contributed by atoms with Crippen LogP contribution in [-0.4, -0.2) is 14.1 Å². The third kappa shape index (κ3) is 1.53. The van der Waals surface area contributed by atoms with Gasteiger partial charge in [0.2, 0.25) is 0 Å². The van der Waals surface area contributed by atoms with Crippen LogP contribution in [0.15, 0.2) is 11.1 Å². The Bertz CT molecular complexity index is 235. The summed E-state index contributed by atoms with van der Waals surface area (Å²) in [6.07, 6.45) is 0. The van der Waals surface area contributed by atoms with Crippen molar-refractivity contribution in [1.29, 1.82) is 0 Å². The van der Waals surface area contributed by atoms with Gasteiger partial charge in [0.05, 0.1) is 0 Å². The Morgan fingerprint density at radius 1 is 1.56 bits per heavy atom. The molecule has 0 unspecified atom stereocenters. The van der Waals surface area contributed by atoms with Gasteiger partial charge in [-0.15, -0.1) is 0 Å². The second-order valence-corrected chi connectivity index (χ2v) is 3.68. The molecule has 0 atom stereocenters. The van der Waals surface area contributed by atoms with Gasteiger partial charge in [0.25, 0.3) is 0 Å². The molecule has 1 heterocycles. The number of hydrogen-bond donors (Lipinski definition) is 1. The van der Waals surface area contributed by atoms with Gasteiger partial charge in [-0.3, -0.25) is 4.99 Å². The quantitative estimate of drug-likeness (QED) is 0.617. The van der Waals surface area contributed by atoms with Gasteiger partial charge in [-0.2, -0.15) is 0 Å². The lowest BCUT2D eigenvalue weighted by Crippen LogP contribution is -1.89. The maximum Gasteiger partial charge on any atom is 0.123 e. The Balaban J connectivity index is 3.01. The minimum atomic E-state index is 1.09. The summed E-state index contributed by atoms with van der Waals surface area (Å²) in [5.41, 5.74) is 0. The average Bonchev–Trinajstić information content (AvgIpc) is 2.34. The van der Waals surface area contributed by atoms with Crippen molar-refractivity contribution in [2.24, 2.45) is 4.99 Å². The van der Waals surface area contributed by atoms with Gasteiger partial charge >= 0.3 is 0 Å². The summed E-state index contributed by atoms with van der Waals surface area (Å²) in [5.74, 6) is 0. The molecule has 0 fully saturated rings. The fourth-order valence-corrected chi connectivity index (χ4v) is 2.48. The normalized spacial score (nSPS) is 12.0. The molecule has 0 saturated carbocycles. The van der Waals surface area contributed by atoms with E-state index in [1.165, 1.54) is 5.00 Å². The molecule has 1 aromatic heterocycles. The number of rotatable bonds is 1. The minimum Gasteiger partial charge on any atom is -0.379 e. The molecule has 0 aromatic carbocycles. The summed E-state index contributed by atoms with van der Waals surface area (Å²) in [4.78, 5) is 4.03. The van der Waals surface area contributed by atoms with E-state index in [1.807, 2.05) is 13.1 Å². The van der Waals surface area contributed by atoms with Crippen LogP contribution in [0.4, 0.5) is 5.00 Å². The van der Waals surface area contributed by atoms with Crippen LogP contribution >= 0.6 is 20.7 Å². The van der Waals surface area contributed by atoms with Crippen molar-refractivity contribution < 1.29 is 0 Å². The molecular weight excluding hydrogens is 152 g/mol. The SMILES string of the molecule is CN=c1cc(NC)ss1. The van der Waals surface area contributed by atoms with Crippen LogP contribution in [0.2, 0.25) is 0 Å². The lowest BCUT2D eigenvalue weighted by atomic mass is 10.7. The highest BCUT2D eigenvalue weighted by Crippen LogP contribution is 2.14. The molecule has 1 rings (SSSR count). The maximum absolute atomic E-state index is 4.03. The number of anilines is 1. The number of nitrogens with zero attached hydrogens (tertiary/aromatic N) is 1. The first-order valence-corrected chi connectivity index (χ1v) is 4.72. The summed E-state index contributed by atoms with van der Waals surface area (Å²) in [6, 6.07) is 2.04. The Hall–Kier alpha value is -0.350. The lowest BCUT2D eigenvalue weighted by Gasteiger charge is -1.84. The highest BCUT2D eigenvalue weighted by atomic mass is 32.9. The molecule has 9 heavy (non-hydrogen) atoms. The van der Waals surface area contributed by atoms with Crippen LogP contribution in [0.3, 0.4) is 0 Å². The molecule has 1 N–H and O–H groups in total. The standard InChI is InChI=1S/C5H8N2S2/c1-6-4-3-5(7-2)9-8-4/h3,6H,1-2H3. The van der Waals surface area contributed by atoms with Crippen LogP contribution in [0.5, 0.6) is 0 Å². The van der Waals surface area contributed by atoms with Crippen molar-refractivity contribution in [2.75, 3.05) is 19.4 Å². The smallest absolute Gasteiger partial charge is 0.123 e. The van der Waals surface area contributed by atoms with Gasteiger partial charge in [-0.25, -0.2) is 0 Å². The molecule has 0 aliphatic heterocycles. The zero-order valence-corrected chi connectivity index (χ0v) is 6.97. The van der Waals surface area contributed by atoms with Crippen LogP contribution in [0.25, 0.3) is 0 Å². The molecule has 0 bridgehead atoms. The highest BCUT2D eigenvalue weighted by Gasteiger charge is 1.88. The van der Waals surface area contributed by atoms with Crippen LogP contribution in [0.1, 0.15) is 0 Å². The molecule has 0 saturated heterocycles. The first kappa shape index (κ1) is 6.77. The fraction of sp³-hybridized carbons (Fsp3) is 0.400. The van der Waals surface area contributed by atoms with Crippen LogP contribution < -0.4 is 9.99 Å². The van der Waals surface area contributed by atoms with E-state index in [0.717, 1.165) is 4.67 Å². The maximum atomic E-state index is 4.03. The minimum absolute atomic E-state index is 1.09. The molecule has 0 radical (unpaired) electrons. The van der Waals surface area contributed by atoms with Gasteiger partial charge < -0.3 is 5.32 Å². The predicted octanol–water partition coefficient (Wildman–Crippen LogP) is 1.38. The molecular formula is C5H8N2S2. The Labute approximate surface area is 61.3 Å². The van der Waals surface area contributed by atoms with E-state index >= 15 is 0 Å². The van der Waals surface area contributed by atoms with Gasteiger partial charge in [0.1, 0.15) is 9.67 Å². The molecule has 4 heteroatoms. The first-order chi connectivity index (χ1) is 4.36. The van der Waals surface area contributed by atoms with E-state index in [9.17, 15) is 0 Å².